The molecule has 0 aromatic heterocycles. The van der Waals surface area contributed by atoms with E-state index < -0.39 is 0 Å². The Labute approximate surface area is 133 Å². The van der Waals surface area contributed by atoms with E-state index in [0.717, 1.165) is 36.9 Å². The molecule has 2 aromatic rings. The zero-order chi connectivity index (χ0) is 15.8. The van der Waals surface area contributed by atoms with Crippen molar-refractivity contribution < 1.29 is 4.79 Å². The first-order valence-electron chi connectivity index (χ1n) is 8.22. The Bertz CT molecular complexity index is 584. The number of rotatable bonds is 7. The van der Waals surface area contributed by atoms with Crippen molar-refractivity contribution in [3.05, 3.63) is 59.7 Å². The van der Waals surface area contributed by atoms with Crippen molar-refractivity contribution in [2.24, 2.45) is 0 Å². The van der Waals surface area contributed by atoms with Gasteiger partial charge in [0, 0.05) is 12.1 Å². The molecule has 1 amide bonds. The van der Waals surface area contributed by atoms with Gasteiger partial charge in [-0.3, -0.25) is 4.79 Å². The molecule has 2 heteroatoms. The van der Waals surface area contributed by atoms with Gasteiger partial charge < -0.3 is 5.32 Å². The maximum atomic E-state index is 12.0. The summed E-state index contributed by atoms with van der Waals surface area (Å²) in [4.78, 5) is 12.0. The van der Waals surface area contributed by atoms with E-state index in [1.54, 1.807) is 0 Å². The molecule has 0 aliphatic carbocycles. The zero-order valence-corrected chi connectivity index (χ0v) is 13.6. The van der Waals surface area contributed by atoms with Gasteiger partial charge in [-0.25, -0.2) is 0 Å². The number of aryl methyl sites for hydroxylation is 1. The fourth-order valence-corrected chi connectivity index (χ4v) is 2.43. The van der Waals surface area contributed by atoms with Gasteiger partial charge in [0.15, 0.2) is 0 Å². The van der Waals surface area contributed by atoms with Crippen LogP contribution in [0.1, 0.15) is 49.0 Å². The predicted molar refractivity (Wildman–Crippen MR) is 93.1 cm³/mol. The highest BCUT2D eigenvalue weighted by Crippen LogP contribution is 2.20. The summed E-state index contributed by atoms with van der Waals surface area (Å²) in [5, 5.41) is 2.97. The average Bonchev–Trinajstić information content (AvgIpc) is 2.59. The average molecular weight is 295 g/mol. The second-order valence-electron chi connectivity index (χ2n) is 5.59. The van der Waals surface area contributed by atoms with E-state index in [1.807, 2.05) is 24.3 Å². The molecule has 0 unspecified atom stereocenters. The molecule has 0 saturated heterocycles. The van der Waals surface area contributed by atoms with Gasteiger partial charge in [0.25, 0.3) is 5.91 Å². The summed E-state index contributed by atoms with van der Waals surface area (Å²) in [5.41, 5.74) is 4.40. The molecule has 0 atom stereocenters. The largest absolute Gasteiger partial charge is 0.352 e. The highest BCUT2D eigenvalue weighted by molar-refractivity contribution is 5.94. The molecule has 2 nitrogen and oxygen atoms in total. The standard InChI is InChI=1S/C20H25NO/c1-3-5-6-15-21-20(22)19-13-11-18(12-14-19)17-9-7-16(4-2)8-10-17/h7-14H,3-6,15H2,1-2H3,(H,21,22). The van der Waals surface area contributed by atoms with Crippen LogP contribution in [0, 0.1) is 0 Å². The third-order valence-electron chi connectivity index (χ3n) is 3.91. The maximum absolute atomic E-state index is 12.0. The van der Waals surface area contributed by atoms with Crippen molar-refractivity contribution in [1.29, 1.82) is 0 Å². The van der Waals surface area contributed by atoms with Crippen LogP contribution in [0.25, 0.3) is 11.1 Å². The number of amides is 1. The fraction of sp³-hybridized carbons (Fsp3) is 0.350. The lowest BCUT2D eigenvalue weighted by Crippen LogP contribution is -2.24. The Kier molecular flexibility index (Phi) is 6.20. The van der Waals surface area contributed by atoms with Crippen LogP contribution in [0.2, 0.25) is 0 Å². The normalized spacial score (nSPS) is 10.5. The second kappa shape index (κ2) is 8.38. The van der Waals surface area contributed by atoms with Crippen LogP contribution in [0.4, 0.5) is 0 Å². The first-order chi connectivity index (χ1) is 10.7. The van der Waals surface area contributed by atoms with Gasteiger partial charge in [-0.05, 0) is 41.7 Å². The summed E-state index contributed by atoms with van der Waals surface area (Å²) >= 11 is 0. The van der Waals surface area contributed by atoms with Crippen LogP contribution in [0.15, 0.2) is 48.5 Å². The molecule has 2 rings (SSSR count). The molecular formula is C20H25NO. The molecule has 0 spiro atoms. The Morgan fingerprint density at radius 2 is 1.45 bits per heavy atom. The molecule has 1 N–H and O–H groups in total. The highest BCUT2D eigenvalue weighted by Gasteiger charge is 2.05. The third kappa shape index (κ3) is 4.45. The molecule has 2 aromatic carbocycles. The lowest BCUT2D eigenvalue weighted by molar-refractivity contribution is 0.0953. The van der Waals surface area contributed by atoms with Crippen molar-refractivity contribution in [3.8, 4) is 11.1 Å². The van der Waals surface area contributed by atoms with Crippen LogP contribution in [-0.2, 0) is 6.42 Å². The minimum Gasteiger partial charge on any atom is -0.352 e. The van der Waals surface area contributed by atoms with Crippen molar-refractivity contribution in [2.45, 2.75) is 39.5 Å². The SMILES string of the molecule is CCCCCNC(=O)c1ccc(-c2ccc(CC)cc2)cc1. The summed E-state index contributed by atoms with van der Waals surface area (Å²) in [6.45, 7) is 5.07. The van der Waals surface area contributed by atoms with E-state index in [2.05, 4.69) is 43.4 Å². The van der Waals surface area contributed by atoms with E-state index in [1.165, 1.54) is 17.5 Å². The van der Waals surface area contributed by atoms with Gasteiger partial charge in [-0.1, -0.05) is 63.1 Å². The summed E-state index contributed by atoms with van der Waals surface area (Å²) in [6, 6.07) is 16.4. The van der Waals surface area contributed by atoms with E-state index in [4.69, 9.17) is 0 Å². The van der Waals surface area contributed by atoms with E-state index in [-0.39, 0.29) is 5.91 Å². The highest BCUT2D eigenvalue weighted by atomic mass is 16.1. The van der Waals surface area contributed by atoms with E-state index in [9.17, 15) is 4.79 Å². The Morgan fingerprint density at radius 1 is 0.864 bits per heavy atom. The van der Waals surface area contributed by atoms with Crippen molar-refractivity contribution in [3.63, 3.8) is 0 Å². The summed E-state index contributed by atoms with van der Waals surface area (Å²) in [5.74, 6) is 0.0176. The first kappa shape index (κ1) is 16.3. The third-order valence-corrected chi connectivity index (χ3v) is 3.91. The van der Waals surface area contributed by atoms with Gasteiger partial charge in [0.1, 0.15) is 0 Å². The minimum atomic E-state index is 0.0176. The molecule has 0 aliphatic rings. The molecule has 0 saturated carbocycles. The predicted octanol–water partition coefficient (Wildman–Crippen LogP) is 4.84. The number of benzene rings is 2. The van der Waals surface area contributed by atoms with Gasteiger partial charge in [0.2, 0.25) is 0 Å². The monoisotopic (exact) mass is 295 g/mol. The van der Waals surface area contributed by atoms with Crippen molar-refractivity contribution in [2.75, 3.05) is 6.54 Å². The summed E-state index contributed by atoms with van der Waals surface area (Å²) < 4.78 is 0. The van der Waals surface area contributed by atoms with Crippen LogP contribution < -0.4 is 5.32 Å². The van der Waals surface area contributed by atoms with E-state index >= 15 is 0 Å². The molecule has 0 fully saturated rings. The lowest BCUT2D eigenvalue weighted by Gasteiger charge is -2.07. The Morgan fingerprint density at radius 3 is 2.00 bits per heavy atom. The minimum absolute atomic E-state index is 0.0176. The smallest absolute Gasteiger partial charge is 0.251 e. The van der Waals surface area contributed by atoms with Crippen LogP contribution >= 0.6 is 0 Å². The molecule has 0 bridgehead atoms. The molecule has 0 heterocycles. The Balaban J connectivity index is 1.98. The van der Waals surface area contributed by atoms with Crippen molar-refractivity contribution in [1.82, 2.24) is 5.32 Å². The molecular weight excluding hydrogens is 270 g/mol. The molecule has 0 aliphatic heterocycles. The number of hydrogen-bond donors (Lipinski definition) is 1. The number of unbranched alkanes of at least 4 members (excludes halogenated alkanes) is 2. The lowest BCUT2D eigenvalue weighted by atomic mass is 10.0. The van der Waals surface area contributed by atoms with Gasteiger partial charge >= 0.3 is 0 Å². The number of carbonyl (C=O) groups excluding carboxylic acids is 1. The second-order valence-corrected chi connectivity index (χ2v) is 5.59. The quantitative estimate of drug-likeness (QED) is 0.728. The van der Waals surface area contributed by atoms with Crippen LogP contribution in [0.3, 0.4) is 0 Å². The molecule has 116 valence electrons. The fourth-order valence-electron chi connectivity index (χ4n) is 2.43. The van der Waals surface area contributed by atoms with E-state index in [0.29, 0.717) is 0 Å². The van der Waals surface area contributed by atoms with Gasteiger partial charge in [-0.2, -0.15) is 0 Å². The Hall–Kier alpha value is -2.09. The molecule has 0 radical (unpaired) electrons. The summed E-state index contributed by atoms with van der Waals surface area (Å²) in [7, 11) is 0. The van der Waals surface area contributed by atoms with Gasteiger partial charge in [0.05, 0.1) is 0 Å². The maximum Gasteiger partial charge on any atom is 0.251 e. The number of carbonyl (C=O) groups is 1. The molecule has 22 heavy (non-hydrogen) atoms. The van der Waals surface area contributed by atoms with Crippen LogP contribution in [0.5, 0.6) is 0 Å². The number of hydrogen-bond acceptors (Lipinski definition) is 1. The zero-order valence-electron chi connectivity index (χ0n) is 13.6. The van der Waals surface area contributed by atoms with Crippen molar-refractivity contribution >= 4 is 5.91 Å². The van der Waals surface area contributed by atoms with Crippen LogP contribution in [-0.4, -0.2) is 12.5 Å². The summed E-state index contributed by atoms with van der Waals surface area (Å²) in [6.07, 6.45) is 4.43. The number of nitrogens with one attached hydrogen (secondary N) is 1. The topological polar surface area (TPSA) is 29.1 Å². The first-order valence-corrected chi connectivity index (χ1v) is 8.22. The van der Waals surface area contributed by atoms with Gasteiger partial charge in [-0.15, -0.1) is 0 Å².